The van der Waals surface area contributed by atoms with E-state index in [0.29, 0.717) is 0 Å². The molecule has 1 aliphatic rings. The molecule has 2 nitrogen and oxygen atoms in total. The Labute approximate surface area is 82.5 Å². The Kier molecular flexibility index (Phi) is 2.19. The topological polar surface area (TPSA) is 26.3 Å². The molecule has 0 saturated heterocycles. The first kappa shape index (κ1) is 8.75. The minimum atomic E-state index is 0.0539. The van der Waals surface area contributed by atoms with Gasteiger partial charge in [0.2, 0.25) is 0 Å². The van der Waals surface area contributed by atoms with Gasteiger partial charge in [0.25, 0.3) is 0 Å². The molecule has 0 saturated carbocycles. The van der Waals surface area contributed by atoms with E-state index < -0.39 is 0 Å². The van der Waals surface area contributed by atoms with Crippen LogP contribution < -0.4 is 4.74 Å². The van der Waals surface area contributed by atoms with Gasteiger partial charge in [0.15, 0.2) is 5.78 Å². The lowest BCUT2D eigenvalue weighted by Crippen LogP contribution is -1.94. The van der Waals surface area contributed by atoms with Gasteiger partial charge in [0.05, 0.1) is 7.11 Å². The van der Waals surface area contributed by atoms with E-state index >= 15 is 0 Å². The van der Waals surface area contributed by atoms with Crippen LogP contribution in [0.4, 0.5) is 0 Å². The van der Waals surface area contributed by atoms with Crippen molar-refractivity contribution in [2.75, 3.05) is 7.11 Å². The molecule has 14 heavy (non-hydrogen) atoms. The average Bonchev–Trinajstić information content (AvgIpc) is 2.65. The molecule has 0 radical (unpaired) electrons. The normalized spacial score (nSPS) is 14.4. The second kappa shape index (κ2) is 3.50. The van der Waals surface area contributed by atoms with Crippen LogP contribution in [0.1, 0.15) is 5.56 Å². The average molecular weight is 186 g/mol. The third-order valence-electron chi connectivity index (χ3n) is 2.16. The Balaban J connectivity index is 2.38. The molecule has 0 N–H and O–H groups in total. The van der Waals surface area contributed by atoms with Gasteiger partial charge in [-0.15, -0.1) is 0 Å². The van der Waals surface area contributed by atoms with Gasteiger partial charge >= 0.3 is 0 Å². The van der Waals surface area contributed by atoms with E-state index in [-0.39, 0.29) is 5.78 Å². The number of ether oxygens (including phenoxy) is 1. The van der Waals surface area contributed by atoms with Gasteiger partial charge in [-0.3, -0.25) is 4.79 Å². The summed E-state index contributed by atoms with van der Waals surface area (Å²) in [6.45, 7) is 0. The smallest absolute Gasteiger partial charge is 0.186 e. The Hall–Kier alpha value is -1.83. The number of carbonyl (C=O) groups is 1. The molecule has 2 heteroatoms. The molecule has 0 atom stereocenters. The van der Waals surface area contributed by atoms with E-state index in [1.165, 1.54) is 0 Å². The highest BCUT2D eigenvalue weighted by atomic mass is 16.5. The van der Waals surface area contributed by atoms with Gasteiger partial charge < -0.3 is 4.74 Å². The van der Waals surface area contributed by atoms with Crippen LogP contribution in [0.15, 0.2) is 42.5 Å². The zero-order chi connectivity index (χ0) is 9.97. The predicted molar refractivity (Wildman–Crippen MR) is 55.1 cm³/mol. The summed E-state index contributed by atoms with van der Waals surface area (Å²) < 4.78 is 5.09. The number of benzene rings is 1. The summed E-state index contributed by atoms with van der Waals surface area (Å²) >= 11 is 0. The molecular weight excluding hydrogens is 176 g/mol. The van der Waals surface area contributed by atoms with Crippen molar-refractivity contribution in [1.29, 1.82) is 0 Å². The first-order valence-corrected chi connectivity index (χ1v) is 4.38. The van der Waals surface area contributed by atoms with Crippen LogP contribution in [0.25, 0.3) is 5.57 Å². The number of ketones is 1. The SMILES string of the molecule is COc1cccc(C2=CC=CC2=O)c1. The summed E-state index contributed by atoms with van der Waals surface area (Å²) in [5.41, 5.74) is 1.63. The number of hydrogen-bond acceptors (Lipinski definition) is 2. The van der Waals surface area contributed by atoms with E-state index in [9.17, 15) is 4.79 Å². The molecule has 0 amide bonds. The van der Waals surface area contributed by atoms with Crippen LogP contribution in [-0.2, 0) is 4.79 Å². The van der Waals surface area contributed by atoms with E-state index in [0.717, 1.165) is 16.9 Å². The standard InChI is InChI=1S/C12H10O2/c1-14-10-5-2-4-9(8-10)11-6-3-7-12(11)13/h2-8H,1H3. The number of methoxy groups -OCH3 is 1. The Bertz CT molecular complexity index is 428. The van der Waals surface area contributed by atoms with Crippen molar-refractivity contribution in [3.63, 3.8) is 0 Å². The van der Waals surface area contributed by atoms with Crippen molar-refractivity contribution in [2.45, 2.75) is 0 Å². The lowest BCUT2D eigenvalue weighted by Gasteiger charge is -2.03. The van der Waals surface area contributed by atoms with Crippen LogP contribution in [0.3, 0.4) is 0 Å². The summed E-state index contributed by atoms with van der Waals surface area (Å²) in [5, 5.41) is 0. The molecule has 0 spiro atoms. The van der Waals surface area contributed by atoms with Crippen LogP contribution >= 0.6 is 0 Å². The third kappa shape index (κ3) is 1.46. The number of carbonyl (C=O) groups excluding carboxylic acids is 1. The van der Waals surface area contributed by atoms with Gasteiger partial charge in [-0.1, -0.05) is 24.3 Å². The van der Waals surface area contributed by atoms with Crippen LogP contribution in [-0.4, -0.2) is 12.9 Å². The summed E-state index contributed by atoms with van der Waals surface area (Å²) in [6, 6.07) is 7.49. The first-order valence-electron chi connectivity index (χ1n) is 4.38. The molecule has 2 rings (SSSR count). The zero-order valence-electron chi connectivity index (χ0n) is 7.86. The highest BCUT2D eigenvalue weighted by molar-refractivity contribution is 6.28. The molecule has 0 aromatic heterocycles. The van der Waals surface area contributed by atoms with Crippen LogP contribution in [0, 0.1) is 0 Å². The van der Waals surface area contributed by atoms with Crippen molar-refractivity contribution in [1.82, 2.24) is 0 Å². The lowest BCUT2D eigenvalue weighted by molar-refractivity contribution is -0.109. The number of hydrogen-bond donors (Lipinski definition) is 0. The summed E-state index contributed by atoms with van der Waals surface area (Å²) in [4.78, 5) is 11.4. The summed E-state index contributed by atoms with van der Waals surface area (Å²) in [6.07, 6.45) is 5.14. The van der Waals surface area contributed by atoms with Crippen LogP contribution in [0.2, 0.25) is 0 Å². The van der Waals surface area contributed by atoms with Crippen molar-refractivity contribution >= 4 is 11.4 Å². The van der Waals surface area contributed by atoms with E-state index in [1.807, 2.05) is 30.3 Å². The highest BCUT2D eigenvalue weighted by Gasteiger charge is 2.12. The molecule has 0 aliphatic heterocycles. The molecule has 0 bridgehead atoms. The highest BCUT2D eigenvalue weighted by Crippen LogP contribution is 2.23. The van der Waals surface area contributed by atoms with Gasteiger partial charge in [0.1, 0.15) is 5.75 Å². The maximum absolute atomic E-state index is 11.4. The lowest BCUT2D eigenvalue weighted by atomic mass is 10.0. The maximum Gasteiger partial charge on any atom is 0.186 e. The second-order valence-electron chi connectivity index (χ2n) is 3.04. The molecule has 0 unspecified atom stereocenters. The summed E-state index contributed by atoms with van der Waals surface area (Å²) in [5.74, 6) is 0.821. The number of allylic oxidation sites excluding steroid dienone is 4. The van der Waals surface area contributed by atoms with E-state index in [2.05, 4.69) is 0 Å². The maximum atomic E-state index is 11.4. The summed E-state index contributed by atoms with van der Waals surface area (Å²) in [7, 11) is 1.61. The fourth-order valence-corrected chi connectivity index (χ4v) is 1.43. The zero-order valence-corrected chi connectivity index (χ0v) is 7.86. The van der Waals surface area contributed by atoms with Gasteiger partial charge in [-0.05, 0) is 23.8 Å². The van der Waals surface area contributed by atoms with Crippen molar-refractivity contribution in [2.24, 2.45) is 0 Å². The minimum Gasteiger partial charge on any atom is -0.497 e. The van der Waals surface area contributed by atoms with E-state index in [4.69, 9.17) is 4.74 Å². The van der Waals surface area contributed by atoms with Gasteiger partial charge in [-0.2, -0.15) is 0 Å². The Morgan fingerprint density at radius 3 is 2.79 bits per heavy atom. The van der Waals surface area contributed by atoms with Crippen molar-refractivity contribution < 1.29 is 9.53 Å². The van der Waals surface area contributed by atoms with Crippen LogP contribution in [0.5, 0.6) is 5.75 Å². The molecule has 0 fully saturated rings. The van der Waals surface area contributed by atoms with Gasteiger partial charge in [0, 0.05) is 5.57 Å². The molecular formula is C12H10O2. The minimum absolute atomic E-state index is 0.0539. The van der Waals surface area contributed by atoms with E-state index in [1.54, 1.807) is 19.3 Å². The molecule has 1 aromatic carbocycles. The van der Waals surface area contributed by atoms with Crippen molar-refractivity contribution in [3.8, 4) is 5.75 Å². The molecule has 0 heterocycles. The van der Waals surface area contributed by atoms with Crippen molar-refractivity contribution in [3.05, 3.63) is 48.1 Å². The fraction of sp³-hybridized carbons (Fsp3) is 0.0833. The monoisotopic (exact) mass is 186 g/mol. The third-order valence-corrected chi connectivity index (χ3v) is 2.16. The molecule has 70 valence electrons. The quantitative estimate of drug-likeness (QED) is 0.707. The van der Waals surface area contributed by atoms with Gasteiger partial charge in [-0.25, -0.2) is 0 Å². The molecule has 1 aromatic rings. The second-order valence-corrected chi connectivity index (χ2v) is 3.04. The fourth-order valence-electron chi connectivity index (χ4n) is 1.43. The Morgan fingerprint density at radius 2 is 2.14 bits per heavy atom. The first-order chi connectivity index (χ1) is 6.81. The predicted octanol–water partition coefficient (Wildman–Crippen LogP) is 2.22. The Morgan fingerprint density at radius 1 is 1.29 bits per heavy atom. The number of rotatable bonds is 2. The largest absolute Gasteiger partial charge is 0.497 e. The molecule has 1 aliphatic carbocycles.